The van der Waals surface area contributed by atoms with Crippen LogP contribution in [0.2, 0.25) is 0 Å². The lowest BCUT2D eigenvalue weighted by Crippen LogP contribution is -2.38. The van der Waals surface area contributed by atoms with Crippen LogP contribution in [0.5, 0.6) is 0 Å². The molecule has 0 heterocycles. The van der Waals surface area contributed by atoms with E-state index in [1.54, 1.807) is 7.11 Å². The van der Waals surface area contributed by atoms with Gasteiger partial charge < -0.3 is 19.5 Å². The molecule has 0 aromatic heterocycles. The van der Waals surface area contributed by atoms with Crippen LogP contribution in [0.3, 0.4) is 0 Å². The lowest BCUT2D eigenvalue weighted by molar-refractivity contribution is -0.00270. The molecule has 0 saturated carbocycles. The fourth-order valence-corrected chi connectivity index (χ4v) is 1.81. The van der Waals surface area contributed by atoms with E-state index in [1.165, 1.54) is 0 Å². The Hall–Kier alpha value is -0.160. The van der Waals surface area contributed by atoms with Crippen LogP contribution < -0.4 is 0 Å². The zero-order valence-electron chi connectivity index (χ0n) is 11.1. The van der Waals surface area contributed by atoms with Crippen molar-refractivity contribution in [3.8, 4) is 0 Å². The molecule has 4 heteroatoms. The molecule has 1 atom stereocenters. The summed E-state index contributed by atoms with van der Waals surface area (Å²) in [6.07, 6.45) is 1.82. The smallest absolute Gasteiger partial charge is 0.0900 e. The summed E-state index contributed by atoms with van der Waals surface area (Å²) in [6.45, 7) is 6.52. The first-order valence-electron chi connectivity index (χ1n) is 6.10. The second-order valence-electron chi connectivity index (χ2n) is 4.13. The SMILES string of the molecule is CCC(CC)N(C)CC(O)COCCOC. The number of nitrogens with zero attached hydrogens (tertiary/aromatic N) is 1. The van der Waals surface area contributed by atoms with Crippen LogP contribution in [0.1, 0.15) is 26.7 Å². The summed E-state index contributed by atoms with van der Waals surface area (Å²) >= 11 is 0. The van der Waals surface area contributed by atoms with E-state index in [0.29, 0.717) is 32.4 Å². The number of methoxy groups -OCH3 is 1. The fourth-order valence-electron chi connectivity index (χ4n) is 1.81. The quantitative estimate of drug-likeness (QED) is 0.574. The minimum absolute atomic E-state index is 0.383. The highest BCUT2D eigenvalue weighted by Gasteiger charge is 2.14. The molecular weight excluding hydrogens is 206 g/mol. The fraction of sp³-hybridized carbons (Fsp3) is 1.00. The molecule has 0 fully saturated rings. The van der Waals surface area contributed by atoms with Gasteiger partial charge in [0.15, 0.2) is 0 Å². The van der Waals surface area contributed by atoms with Gasteiger partial charge in [0.05, 0.1) is 25.9 Å². The van der Waals surface area contributed by atoms with Crippen LogP contribution in [-0.4, -0.2) is 62.7 Å². The molecule has 0 amide bonds. The Bertz CT molecular complexity index is 151. The minimum atomic E-state index is -0.414. The summed E-state index contributed by atoms with van der Waals surface area (Å²) in [5.74, 6) is 0. The maximum absolute atomic E-state index is 9.75. The van der Waals surface area contributed by atoms with Crippen LogP contribution in [0.15, 0.2) is 0 Å². The largest absolute Gasteiger partial charge is 0.389 e. The maximum atomic E-state index is 9.75. The van der Waals surface area contributed by atoms with Gasteiger partial charge in [0.25, 0.3) is 0 Å². The molecular formula is C12H27NO3. The molecule has 0 aliphatic heterocycles. The van der Waals surface area contributed by atoms with Crippen molar-refractivity contribution in [1.29, 1.82) is 0 Å². The van der Waals surface area contributed by atoms with Gasteiger partial charge in [-0.1, -0.05) is 13.8 Å². The predicted molar refractivity (Wildman–Crippen MR) is 65.7 cm³/mol. The van der Waals surface area contributed by atoms with E-state index < -0.39 is 6.10 Å². The van der Waals surface area contributed by atoms with Crippen molar-refractivity contribution in [3.05, 3.63) is 0 Å². The van der Waals surface area contributed by atoms with Crippen molar-refractivity contribution in [2.45, 2.75) is 38.8 Å². The topological polar surface area (TPSA) is 41.9 Å². The normalized spacial score (nSPS) is 13.7. The number of ether oxygens (including phenoxy) is 2. The molecule has 0 saturated heterocycles. The van der Waals surface area contributed by atoms with Crippen molar-refractivity contribution >= 4 is 0 Å². The van der Waals surface area contributed by atoms with Gasteiger partial charge in [-0.05, 0) is 19.9 Å². The monoisotopic (exact) mass is 233 g/mol. The third-order valence-electron chi connectivity index (χ3n) is 2.81. The van der Waals surface area contributed by atoms with E-state index >= 15 is 0 Å². The van der Waals surface area contributed by atoms with E-state index in [1.807, 2.05) is 0 Å². The Morgan fingerprint density at radius 2 is 1.81 bits per heavy atom. The standard InChI is InChI=1S/C12H27NO3/c1-5-11(6-2)13(3)9-12(14)10-16-8-7-15-4/h11-12,14H,5-10H2,1-4H3. The zero-order valence-corrected chi connectivity index (χ0v) is 11.1. The second-order valence-corrected chi connectivity index (χ2v) is 4.13. The van der Waals surface area contributed by atoms with E-state index in [-0.39, 0.29) is 0 Å². The first-order valence-corrected chi connectivity index (χ1v) is 6.10. The number of hydrogen-bond donors (Lipinski definition) is 1. The number of rotatable bonds is 10. The van der Waals surface area contributed by atoms with Crippen molar-refractivity contribution < 1.29 is 14.6 Å². The van der Waals surface area contributed by atoms with Crippen LogP contribution in [0, 0.1) is 0 Å². The van der Waals surface area contributed by atoms with Gasteiger partial charge in [-0.15, -0.1) is 0 Å². The van der Waals surface area contributed by atoms with E-state index in [4.69, 9.17) is 9.47 Å². The van der Waals surface area contributed by atoms with Gasteiger partial charge in [-0.3, -0.25) is 0 Å². The highest BCUT2D eigenvalue weighted by Crippen LogP contribution is 2.06. The van der Waals surface area contributed by atoms with Gasteiger partial charge >= 0.3 is 0 Å². The average molecular weight is 233 g/mol. The number of aliphatic hydroxyl groups excluding tert-OH is 1. The van der Waals surface area contributed by atoms with Crippen molar-refractivity contribution in [1.82, 2.24) is 4.90 Å². The van der Waals surface area contributed by atoms with Crippen molar-refractivity contribution in [2.24, 2.45) is 0 Å². The molecule has 4 nitrogen and oxygen atoms in total. The van der Waals surface area contributed by atoms with Crippen LogP contribution in [-0.2, 0) is 9.47 Å². The van der Waals surface area contributed by atoms with Gasteiger partial charge in [0, 0.05) is 19.7 Å². The van der Waals surface area contributed by atoms with E-state index in [2.05, 4.69) is 25.8 Å². The first-order chi connectivity index (χ1) is 7.65. The molecule has 0 rings (SSSR count). The summed E-state index contributed by atoms with van der Waals surface area (Å²) in [5, 5.41) is 9.75. The third-order valence-corrected chi connectivity index (χ3v) is 2.81. The Balaban J connectivity index is 3.64. The van der Waals surface area contributed by atoms with Gasteiger partial charge in [-0.2, -0.15) is 0 Å². The third kappa shape index (κ3) is 7.17. The Morgan fingerprint density at radius 1 is 1.19 bits per heavy atom. The molecule has 1 unspecified atom stereocenters. The molecule has 0 spiro atoms. The summed E-state index contributed by atoms with van der Waals surface area (Å²) in [5.41, 5.74) is 0. The molecule has 1 N–H and O–H groups in total. The van der Waals surface area contributed by atoms with Gasteiger partial charge in [0.1, 0.15) is 0 Å². The van der Waals surface area contributed by atoms with Gasteiger partial charge in [0.2, 0.25) is 0 Å². The highest BCUT2D eigenvalue weighted by atomic mass is 16.5. The van der Waals surface area contributed by atoms with Gasteiger partial charge in [-0.25, -0.2) is 0 Å². The average Bonchev–Trinajstić information content (AvgIpc) is 2.26. The van der Waals surface area contributed by atoms with Crippen LogP contribution >= 0.6 is 0 Å². The molecule has 0 radical (unpaired) electrons. The lowest BCUT2D eigenvalue weighted by atomic mass is 10.1. The molecule has 0 aromatic rings. The maximum Gasteiger partial charge on any atom is 0.0900 e. The van der Waals surface area contributed by atoms with E-state index in [9.17, 15) is 5.11 Å². The summed E-state index contributed by atoms with van der Waals surface area (Å²) in [7, 11) is 3.69. The number of hydrogen-bond acceptors (Lipinski definition) is 4. The lowest BCUT2D eigenvalue weighted by Gasteiger charge is -2.28. The van der Waals surface area contributed by atoms with Crippen LogP contribution in [0.4, 0.5) is 0 Å². The Kier molecular flexibility index (Phi) is 9.92. The van der Waals surface area contributed by atoms with E-state index in [0.717, 1.165) is 12.8 Å². The number of likely N-dealkylation sites (N-methyl/N-ethyl adjacent to an activating group) is 1. The Morgan fingerprint density at radius 3 is 2.31 bits per heavy atom. The second kappa shape index (κ2) is 10.0. The first kappa shape index (κ1) is 15.8. The highest BCUT2D eigenvalue weighted by molar-refractivity contribution is 4.68. The summed E-state index contributed by atoms with van der Waals surface area (Å²) < 4.78 is 10.1. The molecule has 16 heavy (non-hydrogen) atoms. The Labute approximate surface area is 99.5 Å². The van der Waals surface area contributed by atoms with Crippen molar-refractivity contribution in [2.75, 3.05) is 40.5 Å². The zero-order chi connectivity index (χ0) is 12.4. The minimum Gasteiger partial charge on any atom is -0.389 e. The molecule has 0 aliphatic carbocycles. The molecule has 0 aliphatic rings. The van der Waals surface area contributed by atoms with Crippen molar-refractivity contribution in [3.63, 3.8) is 0 Å². The molecule has 98 valence electrons. The number of aliphatic hydroxyl groups is 1. The van der Waals surface area contributed by atoms with Crippen LogP contribution in [0.25, 0.3) is 0 Å². The summed E-state index contributed by atoms with van der Waals surface area (Å²) in [6, 6.07) is 0.550. The molecule has 0 aromatic carbocycles. The molecule has 0 bridgehead atoms. The summed E-state index contributed by atoms with van der Waals surface area (Å²) in [4.78, 5) is 2.20. The predicted octanol–water partition coefficient (Wildman–Crippen LogP) is 1.13.